The van der Waals surface area contributed by atoms with Gasteiger partial charge in [-0.05, 0) is 6.08 Å². The fraction of sp³-hybridized carbons (Fsp3) is 0.333. The lowest BCUT2D eigenvalue weighted by atomic mass is 10.4. The van der Waals surface area contributed by atoms with Crippen LogP contribution >= 0.6 is 0 Å². The lowest BCUT2D eigenvalue weighted by molar-refractivity contribution is 0.588. The summed E-state index contributed by atoms with van der Waals surface area (Å²) in [7, 11) is 0. The van der Waals surface area contributed by atoms with Gasteiger partial charge in [0.2, 0.25) is 0 Å². The van der Waals surface area contributed by atoms with Crippen molar-refractivity contribution in [3.63, 3.8) is 0 Å². The van der Waals surface area contributed by atoms with Crippen molar-refractivity contribution in [2.24, 2.45) is 9.98 Å². The van der Waals surface area contributed by atoms with Crippen molar-refractivity contribution in [2.75, 3.05) is 13.2 Å². The topological polar surface area (TPSA) is 28.0 Å². The maximum atomic E-state index is 4.07. The first-order chi connectivity index (χ1) is 4.47. The number of hydrogen-bond donors (Lipinski definition) is 0. The van der Waals surface area contributed by atoms with Gasteiger partial charge in [0.15, 0.2) is 0 Å². The molecule has 46 valence electrons. The van der Waals surface area contributed by atoms with Gasteiger partial charge in [0.05, 0.1) is 18.6 Å². The van der Waals surface area contributed by atoms with E-state index < -0.39 is 0 Å². The van der Waals surface area contributed by atoms with Crippen LogP contribution in [0.25, 0.3) is 0 Å². The molecule has 0 saturated heterocycles. The third-order valence-corrected chi connectivity index (χ3v) is 1.42. The Labute approximate surface area is 53.4 Å². The van der Waals surface area contributed by atoms with E-state index in [2.05, 4.69) is 16.1 Å². The molecule has 0 fully saturated rings. The zero-order chi connectivity index (χ0) is 6.10. The predicted octanol–water partition coefficient (Wildman–Crippen LogP) is 0.256. The van der Waals surface area contributed by atoms with Crippen molar-refractivity contribution in [1.82, 2.24) is 4.90 Å². The summed E-state index contributed by atoms with van der Waals surface area (Å²) in [6, 6.07) is 0. The first-order valence-corrected chi connectivity index (χ1v) is 2.93. The van der Waals surface area contributed by atoms with Crippen molar-refractivity contribution in [2.45, 2.75) is 0 Å². The summed E-state index contributed by atoms with van der Waals surface area (Å²) in [5.74, 6) is 0. The van der Waals surface area contributed by atoms with Crippen LogP contribution in [-0.4, -0.2) is 30.7 Å². The molecule has 2 heterocycles. The highest BCUT2D eigenvalue weighted by atomic mass is 15.3. The Kier molecular flexibility index (Phi) is 0.886. The molecule has 0 aromatic rings. The summed E-state index contributed by atoms with van der Waals surface area (Å²) in [6.07, 6.45) is 5.78. The Bertz CT molecular complexity index is 202. The lowest BCUT2D eigenvalue weighted by Crippen LogP contribution is -2.19. The largest absolute Gasteiger partial charge is 0.311 e. The van der Waals surface area contributed by atoms with Crippen LogP contribution in [0.2, 0.25) is 0 Å². The maximum absolute atomic E-state index is 4.07. The van der Waals surface area contributed by atoms with E-state index in [4.69, 9.17) is 0 Å². The van der Waals surface area contributed by atoms with E-state index in [1.165, 1.54) is 5.70 Å². The molecule has 0 amide bonds. The van der Waals surface area contributed by atoms with E-state index in [1.807, 2.05) is 17.5 Å². The maximum Gasteiger partial charge on any atom is 0.115 e. The number of allylic oxidation sites excluding steroid dienone is 1. The van der Waals surface area contributed by atoms with E-state index in [-0.39, 0.29) is 0 Å². The van der Waals surface area contributed by atoms with Crippen LogP contribution < -0.4 is 0 Å². The molecule has 2 aliphatic heterocycles. The minimum Gasteiger partial charge on any atom is -0.311 e. The van der Waals surface area contributed by atoms with Crippen LogP contribution in [0.4, 0.5) is 0 Å². The van der Waals surface area contributed by atoms with Crippen LogP contribution in [0.5, 0.6) is 0 Å². The number of fused-ring (bicyclic) bond motifs is 1. The number of hydrogen-bond acceptors (Lipinski definition) is 3. The highest BCUT2D eigenvalue weighted by molar-refractivity contribution is 5.85. The smallest absolute Gasteiger partial charge is 0.115 e. The van der Waals surface area contributed by atoms with E-state index >= 15 is 0 Å². The van der Waals surface area contributed by atoms with Crippen molar-refractivity contribution in [3.8, 4) is 0 Å². The highest BCUT2D eigenvalue weighted by Gasteiger charge is 2.10. The zero-order valence-corrected chi connectivity index (χ0v) is 4.99. The number of aliphatic imine (C=N–C) groups is 2. The van der Waals surface area contributed by atoms with E-state index in [0.717, 1.165) is 13.2 Å². The van der Waals surface area contributed by atoms with Crippen LogP contribution in [0.3, 0.4) is 0 Å². The second-order valence-corrected chi connectivity index (χ2v) is 2.03. The van der Waals surface area contributed by atoms with Crippen LogP contribution in [0.1, 0.15) is 0 Å². The molecule has 3 heteroatoms. The SMILES string of the molecule is C1=NCC=C2C=NCN12. The first-order valence-electron chi connectivity index (χ1n) is 2.93. The predicted molar refractivity (Wildman–Crippen MR) is 36.6 cm³/mol. The van der Waals surface area contributed by atoms with Gasteiger partial charge in [-0.15, -0.1) is 0 Å². The normalized spacial score (nSPS) is 22.2. The molecule has 0 N–H and O–H groups in total. The summed E-state index contributed by atoms with van der Waals surface area (Å²) in [6.45, 7) is 1.55. The van der Waals surface area contributed by atoms with Gasteiger partial charge in [-0.2, -0.15) is 0 Å². The van der Waals surface area contributed by atoms with Crippen molar-refractivity contribution < 1.29 is 0 Å². The Morgan fingerprint density at radius 1 is 1.44 bits per heavy atom. The van der Waals surface area contributed by atoms with Gasteiger partial charge in [0.1, 0.15) is 6.67 Å². The van der Waals surface area contributed by atoms with Gasteiger partial charge in [0.25, 0.3) is 0 Å². The molecular formula is C6H7N3. The van der Waals surface area contributed by atoms with E-state index in [9.17, 15) is 0 Å². The first kappa shape index (κ1) is 4.73. The second-order valence-electron chi connectivity index (χ2n) is 2.03. The summed E-state index contributed by atoms with van der Waals surface area (Å²) in [5.41, 5.74) is 1.19. The van der Waals surface area contributed by atoms with Gasteiger partial charge in [-0.3, -0.25) is 9.98 Å². The molecule has 0 radical (unpaired) electrons. The highest BCUT2D eigenvalue weighted by Crippen LogP contribution is 2.08. The molecule has 0 spiro atoms. The Balaban J connectivity index is 2.29. The molecule has 0 aliphatic carbocycles. The van der Waals surface area contributed by atoms with Crippen molar-refractivity contribution in [1.29, 1.82) is 0 Å². The van der Waals surface area contributed by atoms with E-state index in [1.54, 1.807) is 0 Å². The molecule has 0 aromatic heterocycles. The van der Waals surface area contributed by atoms with Gasteiger partial charge in [-0.25, -0.2) is 0 Å². The van der Waals surface area contributed by atoms with Crippen LogP contribution in [-0.2, 0) is 0 Å². The molecule has 2 rings (SSSR count). The summed E-state index contributed by atoms with van der Waals surface area (Å²) in [4.78, 5) is 10.2. The van der Waals surface area contributed by atoms with Gasteiger partial charge in [-0.1, -0.05) is 0 Å². The molecule has 2 aliphatic rings. The summed E-state index contributed by atoms with van der Waals surface area (Å²) >= 11 is 0. The van der Waals surface area contributed by atoms with E-state index in [0.29, 0.717) is 0 Å². The third kappa shape index (κ3) is 0.650. The minimum atomic E-state index is 0.745. The summed E-state index contributed by atoms with van der Waals surface area (Å²) in [5, 5.41) is 0. The Morgan fingerprint density at radius 3 is 3.33 bits per heavy atom. The molecule has 9 heavy (non-hydrogen) atoms. The monoisotopic (exact) mass is 121 g/mol. The van der Waals surface area contributed by atoms with Crippen molar-refractivity contribution in [3.05, 3.63) is 11.8 Å². The number of nitrogens with zero attached hydrogens (tertiary/aromatic N) is 3. The fourth-order valence-electron chi connectivity index (χ4n) is 0.943. The quantitative estimate of drug-likeness (QED) is 0.451. The minimum absolute atomic E-state index is 0.745. The lowest BCUT2D eigenvalue weighted by Gasteiger charge is -2.14. The van der Waals surface area contributed by atoms with Gasteiger partial charge >= 0.3 is 0 Å². The molecule has 0 saturated carbocycles. The summed E-state index contributed by atoms with van der Waals surface area (Å²) < 4.78 is 0. The Hall–Kier alpha value is -1.12. The average Bonchev–Trinajstić information content (AvgIpc) is 2.33. The zero-order valence-electron chi connectivity index (χ0n) is 4.99. The van der Waals surface area contributed by atoms with Gasteiger partial charge in [0, 0.05) is 6.21 Å². The molecular weight excluding hydrogens is 114 g/mol. The van der Waals surface area contributed by atoms with Crippen LogP contribution in [0.15, 0.2) is 21.8 Å². The standard InChI is InChI=1S/C6H7N3/c1-2-7-4-9-5-8-3-6(1)9/h1,3-4H,2,5H2. The number of rotatable bonds is 0. The molecule has 0 aromatic carbocycles. The molecule has 0 unspecified atom stereocenters. The molecule has 3 nitrogen and oxygen atoms in total. The molecule has 0 bridgehead atoms. The fourth-order valence-corrected chi connectivity index (χ4v) is 0.943. The van der Waals surface area contributed by atoms with Crippen molar-refractivity contribution >= 4 is 12.6 Å². The second kappa shape index (κ2) is 1.69. The molecule has 0 atom stereocenters. The Morgan fingerprint density at radius 2 is 2.44 bits per heavy atom. The third-order valence-electron chi connectivity index (χ3n) is 1.42. The van der Waals surface area contributed by atoms with Crippen LogP contribution in [0, 0.1) is 0 Å². The average molecular weight is 121 g/mol. The van der Waals surface area contributed by atoms with Gasteiger partial charge < -0.3 is 4.90 Å².